The fraction of sp³-hybridized carbons (Fsp3) is 0.0500. The Morgan fingerprint density at radius 1 is 0.783 bits per heavy atom. The van der Waals surface area contributed by atoms with Crippen molar-refractivity contribution in [2.45, 2.75) is 6.92 Å². The van der Waals surface area contributed by atoms with Crippen molar-refractivity contribution >= 4 is 22.9 Å². The van der Waals surface area contributed by atoms with E-state index in [0.717, 1.165) is 29.0 Å². The summed E-state index contributed by atoms with van der Waals surface area (Å²) in [5, 5.41) is 0. The van der Waals surface area contributed by atoms with Gasteiger partial charge in [0.05, 0.1) is 5.69 Å². The molecule has 2 radical (unpaired) electrons. The van der Waals surface area contributed by atoms with Gasteiger partial charge in [0, 0.05) is 17.6 Å². The highest BCUT2D eigenvalue weighted by molar-refractivity contribution is 5.90. The Kier molecular flexibility index (Phi) is 3.27. The fourth-order valence-corrected chi connectivity index (χ4v) is 3.03. The quantitative estimate of drug-likeness (QED) is 0.663. The summed E-state index contributed by atoms with van der Waals surface area (Å²) in [7, 11) is 0. The number of aryl methyl sites for hydroxylation is 1. The maximum absolute atomic E-state index is 4.60. The molecule has 0 saturated carbocycles. The lowest BCUT2D eigenvalue weighted by Gasteiger charge is -2.29. The standard InChI is InChI=1S/C20H17N3/c1-15-9-6-7-12-18(15)23-16(2)22(17-10-4-3-5-11-17)20-19(23)13-8-14-21-20/h3-14H,2H2,1H3. The van der Waals surface area contributed by atoms with Crippen LogP contribution in [0, 0.1) is 20.0 Å². The summed E-state index contributed by atoms with van der Waals surface area (Å²) in [4.78, 5) is 8.87. The molecule has 1 aromatic heterocycles. The van der Waals surface area contributed by atoms with Gasteiger partial charge >= 0.3 is 0 Å². The first-order chi connectivity index (χ1) is 11.3. The zero-order chi connectivity index (χ0) is 15.8. The molecule has 0 aliphatic carbocycles. The first kappa shape index (κ1) is 13.8. The molecule has 0 spiro atoms. The second-order valence-electron chi connectivity index (χ2n) is 5.56. The van der Waals surface area contributed by atoms with Gasteiger partial charge in [0.25, 0.3) is 0 Å². The van der Waals surface area contributed by atoms with Crippen LogP contribution >= 0.6 is 0 Å². The lowest BCUT2D eigenvalue weighted by molar-refractivity contribution is 0.991. The van der Waals surface area contributed by atoms with E-state index in [1.165, 1.54) is 5.56 Å². The molecule has 3 aromatic rings. The minimum atomic E-state index is 0.888. The molecular weight excluding hydrogens is 282 g/mol. The van der Waals surface area contributed by atoms with Gasteiger partial charge in [-0.2, -0.15) is 0 Å². The SMILES string of the molecule is [CH2][C]1N(c2ccccc2C)c2cccnc2N1c1ccccc1. The Labute approximate surface area is 136 Å². The number of hydrogen-bond donors (Lipinski definition) is 0. The van der Waals surface area contributed by atoms with Crippen LogP contribution < -0.4 is 9.80 Å². The third kappa shape index (κ3) is 2.16. The average molecular weight is 299 g/mol. The number of pyridine rings is 1. The molecule has 0 unspecified atom stereocenters. The van der Waals surface area contributed by atoms with Crippen molar-refractivity contribution in [3.63, 3.8) is 0 Å². The number of nitrogens with zero attached hydrogens (tertiary/aromatic N) is 3. The molecule has 2 aromatic carbocycles. The molecule has 3 heteroatoms. The summed E-state index contributed by atoms with van der Waals surface area (Å²) >= 11 is 0. The van der Waals surface area contributed by atoms with Crippen LogP contribution in [0.15, 0.2) is 72.9 Å². The number of hydrogen-bond acceptors (Lipinski definition) is 3. The summed E-state index contributed by atoms with van der Waals surface area (Å²) in [6.07, 6.45) is 2.71. The number of fused-ring (bicyclic) bond motifs is 1. The zero-order valence-corrected chi connectivity index (χ0v) is 13.0. The summed E-state index contributed by atoms with van der Waals surface area (Å²) in [6, 6.07) is 22.6. The molecule has 2 heterocycles. The van der Waals surface area contributed by atoms with Crippen molar-refractivity contribution in [3.05, 3.63) is 91.6 Å². The van der Waals surface area contributed by atoms with E-state index in [1.807, 2.05) is 30.5 Å². The minimum absolute atomic E-state index is 0.888. The maximum Gasteiger partial charge on any atom is 0.167 e. The van der Waals surface area contributed by atoms with Gasteiger partial charge in [0.1, 0.15) is 0 Å². The van der Waals surface area contributed by atoms with Crippen molar-refractivity contribution in [3.8, 4) is 0 Å². The van der Waals surface area contributed by atoms with Crippen molar-refractivity contribution in [1.29, 1.82) is 0 Å². The number of rotatable bonds is 2. The molecule has 0 bridgehead atoms. The highest BCUT2D eigenvalue weighted by Crippen LogP contribution is 2.49. The lowest BCUT2D eigenvalue weighted by atomic mass is 10.1. The Morgan fingerprint density at radius 2 is 1.48 bits per heavy atom. The number of anilines is 4. The average Bonchev–Trinajstić information content (AvgIpc) is 2.88. The zero-order valence-electron chi connectivity index (χ0n) is 13.0. The molecule has 23 heavy (non-hydrogen) atoms. The Bertz CT molecular complexity index is 829. The van der Waals surface area contributed by atoms with Gasteiger partial charge in [0.2, 0.25) is 0 Å². The highest BCUT2D eigenvalue weighted by Gasteiger charge is 2.37. The molecule has 1 aliphatic heterocycles. The fourth-order valence-electron chi connectivity index (χ4n) is 3.03. The van der Waals surface area contributed by atoms with Crippen LogP contribution in [0.3, 0.4) is 0 Å². The minimum Gasteiger partial charge on any atom is -0.310 e. The molecule has 1 aliphatic rings. The third-order valence-electron chi connectivity index (χ3n) is 4.11. The summed E-state index contributed by atoms with van der Waals surface area (Å²) in [5.74, 6) is 0.909. The van der Waals surface area contributed by atoms with Crippen LogP contribution in [0.2, 0.25) is 0 Å². The maximum atomic E-state index is 4.60. The Hall–Kier alpha value is -2.81. The summed E-state index contributed by atoms with van der Waals surface area (Å²) in [5.41, 5.74) is 4.45. The third-order valence-corrected chi connectivity index (χ3v) is 4.11. The molecule has 112 valence electrons. The predicted molar refractivity (Wildman–Crippen MR) is 94.7 cm³/mol. The molecule has 3 nitrogen and oxygen atoms in total. The number of aromatic nitrogens is 1. The van der Waals surface area contributed by atoms with Gasteiger partial charge in [-0.3, -0.25) is 4.90 Å². The van der Waals surface area contributed by atoms with Crippen molar-refractivity contribution in [2.75, 3.05) is 9.80 Å². The highest BCUT2D eigenvalue weighted by atomic mass is 15.4. The molecular formula is C20H17N3. The van der Waals surface area contributed by atoms with Gasteiger partial charge < -0.3 is 4.90 Å². The van der Waals surface area contributed by atoms with Gasteiger partial charge in [-0.05, 0) is 49.7 Å². The number of para-hydroxylation sites is 2. The van der Waals surface area contributed by atoms with E-state index in [-0.39, 0.29) is 0 Å². The second kappa shape index (κ2) is 5.43. The first-order valence-electron chi connectivity index (χ1n) is 7.62. The van der Waals surface area contributed by atoms with E-state index >= 15 is 0 Å². The molecule has 4 rings (SSSR count). The summed E-state index contributed by atoms with van der Waals surface area (Å²) in [6.45, 7) is 6.45. The molecule has 0 atom stereocenters. The van der Waals surface area contributed by atoms with Crippen LogP contribution in [-0.4, -0.2) is 4.98 Å². The van der Waals surface area contributed by atoms with E-state index in [1.54, 1.807) is 0 Å². The molecule has 0 amide bonds. The molecule has 0 saturated heterocycles. The lowest BCUT2D eigenvalue weighted by Crippen LogP contribution is -2.28. The van der Waals surface area contributed by atoms with Crippen LogP contribution in [-0.2, 0) is 0 Å². The predicted octanol–water partition coefficient (Wildman–Crippen LogP) is 5.00. The van der Waals surface area contributed by atoms with Gasteiger partial charge in [-0.1, -0.05) is 36.4 Å². The van der Waals surface area contributed by atoms with E-state index in [9.17, 15) is 0 Å². The second-order valence-corrected chi connectivity index (χ2v) is 5.56. The van der Waals surface area contributed by atoms with Crippen LogP contribution in [0.25, 0.3) is 0 Å². The van der Waals surface area contributed by atoms with Gasteiger partial charge in [0.15, 0.2) is 12.0 Å². The van der Waals surface area contributed by atoms with Crippen molar-refractivity contribution < 1.29 is 0 Å². The van der Waals surface area contributed by atoms with E-state index in [0.29, 0.717) is 0 Å². The smallest absolute Gasteiger partial charge is 0.167 e. The number of benzene rings is 2. The Balaban J connectivity index is 1.89. The largest absolute Gasteiger partial charge is 0.310 e. The van der Waals surface area contributed by atoms with Crippen molar-refractivity contribution in [1.82, 2.24) is 4.98 Å². The first-order valence-corrected chi connectivity index (χ1v) is 7.62. The van der Waals surface area contributed by atoms with E-state index in [4.69, 9.17) is 0 Å². The van der Waals surface area contributed by atoms with Crippen LogP contribution in [0.4, 0.5) is 22.9 Å². The van der Waals surface area contributed by atoms with Gasteiger partial charge in [-0.15, -0.1) is 0 Å². The monoisotopic (exact) mass is 299 g/mol. The normalized spacial score (nSPS) is 14.2. The van der Waals surface area contributed by atoms with Crippen LogP contribution in [0.1, 0.15) is 5.56 Å². The summed E-state index contributed by atoms with van der Waals surface area (Å²) < 4.78 is 0. The van der Waals surface area contributed by atoms with Gasteiger partial charge in [-0.25, -0.2) is 4.98 Å². The van der Waals surface area contributed by atoms with E-state index in [2.05, 4.69) is 71.1 Å². The van der Waals surface area contributed by atoms with Crippen molar-refractivity contribution in [2.24, 2.45) is 0 Å². The molecule has 0 N–H and O–H groups in total. The van der Waals surface area contributed by atoms with E-state index < -0.39 is 0 Å². The molecule has 0 fully saturated rings. The topological polar surface area (TPSA) is 19.4 Å². The Morgan fingerprint density at radius 3 is 2.26 bits per heavy atom. The van der Waals surface area contributed by atoms with Crippen LogP contribution in [0.5, 0.6) is 0 Å².